The first-order valence-electron chi connectivity index (χ1n) is 8.67. The number of furan rings is 1. The molecule has 1 atom stereocenters. The molecule has 0 spiro atoms. The van der Waals surface area contributed by atoms with Gasteiger partial charge >= 0.3 is 0 Å². The van der Waals surface area contributed by atoms with Gasteiger partial charge in [0.25, 0.3) is 5.91 Å². The molecular weight excluding hydrogens is 326 g/mol. The highest BCUT2D eigenvalue weighted by atomic mass is 16.5. The maximum atomic E-state index is 12.5. The number of amides is 1. The van der Waals surface area contributed by atoms with E-state index in [-0.39, 0.29) is 24.3 Å². The molecular formula is C22H23NO3. The van der Waals surface area contributed by atoms with Crippen LogP contribution in [0.15, 0.2) is 65.1 Å². The van der Waals surface area contributed by atoms with Crippen LogP contribution >= 0.6 is 0 Å². The second-order valence-electron chi connectivity index (χ2n) is 6.42. The zero-order valence-corrected chi connectivity index (χ0v) is 15.3. The maximum absolute atomic E-state index is 12.5. The Bertz CT molecular complexity index is 883. The van der Waals surface area contributed by atoms with Gasteiger partial charge in [0.15, 0.2) is 5.76 Å². The van der Waals surface area contributed by atoms with Crippen LogP contribution in [-0.2, 0) is 6.61 Å². The molecule has 0 saturated heterocycles. The Hall–Kier alpha value is -3.01. The number of aryl methyl sites for hydroxylation is 2. The number of rotatable bonds is 6. The van der Waals surface area contributed by atoms with Crippen molar-refractivity contribution in [3.05, 3.63) is 88.9 Å². The number of para-hydroxylation sites is 1. The Balaban J connectivity index is 1.61. The van der Waals surface area contributed by atoms with Gasteiger partial charge in [-0.05, 0) is 56.2 Å². The molecule has 134 valence electrons. The van der Waals surface area contributed by atoms with E-state index in [1.165, 1.54) is 5.56 Å². The lowest BCUT2D eigenvalue weighted by Gasteiger charge is -2.16. The van der Waals surface area contributed by atoms with Crippen molar-refractivity contribution < 1.29 is 13.9 Å². The summed E-state index contributed by atoms with van der Waals surface area (Å²) in [7, 11) is 0. The number of nitrogens with one attached hydrogen (secondary N) is 1. The minimum atomic E-state index is -0.232. The summed E-state index contributed by atoms with van der Waals surface area (Å²) in [5.41, 5.74) is 3.43. The molecule has 1 heterocycles. The van der Waals surface area contributed by atoms with Gasteiger partial charge < -0.3 is 14.5 Å². The van der Waals surface area contributed by atoms with Crippen molar-refractivity contribution in [3.63, 3.8) is 0 Å². The SMILES string of the molecule is Cc1ccc(C)c([C@H](C)NC(=O)c2ccc(COc3ccccc3)o2)c1. The third-order valence-corrected chi connectivity index (χ3v) is 4.26. The molecule has 0 aliphatic carbocycles. The summed E-state index contributed by atoms with van der Waals surface area (Å²) in [6.45, 7) is 6.35. The van der Waals surface area contributed by atoms with Crippen LogP contribution in [0.1, 0.15) is 46.0 Å². The van der Waals surface area contributed by atoms with Crippen molar-refractivity contribution in [1.82, 2.24) is 5.32 Å². The minimum absolute atomic E-state index is 0.100. The third kappa shape index (κ3) is 4.33. The first-order chi connectivity index (χ1) is 12.5. The van der Waals surface area contributed by atoms with Crippen LogP contribution in [0, 0.1) is 13.8 Å². The van der Waals surface area contributed by atoms with Gasteiger partial charge in [-0.2, -0.15) is 0 Å². The van der Waals surface area contributed by atoms with Gasteiger partial charge in [0.2, 0.25) is 0 Å². The molecule has 2 aromatic carbocycles. The highest BCUT2D eigenvalue weighted by molar-refractivity contribution is 5.91. The van der Waals surface area contributed by atoms with E-state index in [2.05, 4.69) is 23.5 Å². The minimum Gasteiger partial charge on any atom is -0.486 e. The summed E-state index contributed by atoms with van der Waals surface area (Å²) in [4.78, 5) is 12.5. The molecule has 1 amide bonds. The highest BCUT2D eigenvalue weighted by Crippen LogP contribution is 2.20. The Kier molecular flexibility index (Phi) is 5.42. The lowest BCUT2D eigenvalue weighted by atomic mass is 10.00. The maximum Gasteiger partial charge on any atom is 0.287 e. The Morgan fingerprint density at radius 3 is 2.62 bits per heavy atom. The van der Waals surface area contributed by atoms with Crippen LogP contribution in [-0.4, -0.2) is 5.91 Å². The molecule has 4 nitrogen and oxygen atoms in total. The molecule has 0 saturated carbocycles. The average molecular weight is 349 g/mol. The summed E-state index contributed by atoms with van der Waals surface area (Å²) in [5.74, 6) is 1.43. The van der Waals surface area contributed by atoms with Crippen LogP contribution in [0.5, 0.6) is 5.75 Å². The molecule has 26 heavy (non-hydrogen) atoms. The molecule has 0 aliphatic rings. The van der Waals surface area contributed by atoms with Crippen LogP contribution in [0.25, 0.3) is 0 Å². The Morgan fingerprint density at radius 1 is 1.08 bits per heavy atom. The largest absolute Gasteiger partial charge is 0.486 e. The van der Waals surface area contributed by atoms with Gasteiger partial charge in [-0.25, -0.2) is 0 Å². The van der Waals surface area contributed by atoms with Gasteiger partial charge in [-0.15, -0.1) is 0 Å². The molecule has 0 unspecified atom stereocenters. The van der Waals surface area contributed by atoms with E-state index in [1.807, 2.05) is 51.1 Å². The monoisotopic (exact) mass is 349 g/mol. The quantitative estimate of drug-likeness (QED) is 0.684. The Morgan fingerprint density at radius 2 is 1.85 bits per heavy atom. The third-order valence-electron chi connectivity index (χ3n) is 4.26. The fraction of sp³-hybridized carbons (Fsp3) is 0.227. The molecule has 0 bridgehead atoms. The second kappa shape index (κ2) is 7.91. The van der Waals surface area contributed by atoms with E-state index in [9.17, 15) is 4.79 Å². The van der Waals surface area contributed by atoms with Crippen LogP contribution in [0.3, 0.4) is 0 Å². The first kappa shape index (κ1) is 17.8. The zero-order chi connectivity index (χ0) is 18.5. The molecule has 0 fully saturated rings. The molecule has 0 radical (unpaired) electrons. The Labute approximate surface area is 153 Å². The zero-order valence-electron chi connectivity index (χ0n) is 15.3. The van der Waals surface area contributed by atoms with Crippen molar-refractivity contribution in [3.8, 4) is 5.75 Å². The molecule has 3 rings (SSSR count). The number of ether oxygens (including phenoxy) is 1. The highest BCUT2D eigenvalue weighted by Gasteiger charge is 2.16. The van der Waals surface area contributed by atoms with Crippen LogP contribution < -0.4 is 10.1 Å². The van der Waals surface area contributed by atoms with E-state index < -0.39 is 0 Å². The van der Waals surface area contributed by atoms with E-state index >= 15 is 0 Å². The number of carbonyl (C=O) groups excluding carboxylic acids is 1. The van der Waals surface area contributed by atoms with Gasteiger partial charge in [0.05, 0.1) is 6.04 Å². The molecule has 1 N–H and O–H groups in total. The van der Waals surface area contributed by atoms with E-state index in [0.717, 1.165) is 16.9 Å². The van der Waals surface area contributed by atoms with E-state index in [1.54, 1.807) is 12.1 Å². The predicted octanol–water partition coefficient (Wildman–Crippen LogP) is 4.97. The van der Waals surface area contributed by atoms with Gasteiger partial charge in [0.1, 0.15) is 18.1 Å². The van der Waals surface area contributed by atoms with Crippen molar-refractivity contribution in [2.75, 3.05) is 0 Å². The summed E-state index contributed by atoms with van der Waals surface area (Å²) >= 11 is 0. The van der Waals surface area contributed by atoms with E-state index in [0.29, 0.717) is 5.76 Å². The average Bonchev–Trinajstić information content (AvgIpc) is 3.12. The van der Waals surface area contributed by atoms with Gasteiger partial charge in [-0.3, -0.25) is 4.79 Å². The van der Waals surface area contributed by atoms with Gasteiger partial charge in [0, 0.05) is 0 Å². The van der Waals surface area contributed by atoms with Crippen LogP contribution in [0.4, 0.5) is 0 Å². The molecule has 4 heteroatoms. The van der Waals surface area contributed by atoms with Crippen LogP contribution in [0.2, 0.25) is 0 Å². The van der Waals surface area contributed by atoms with Gasteiger partial charge in [-0.1, -0.05) is 42.0 Å². The fourth-order valence-corrected chi connectivity index (χ4v) is 2.82. The molecule has 1 aromatic heterocycles. The standard InChI is InChI=1S/C22H23NO3/c1-15-9-10-16(2)20(13-15)17(3)23-22(24)21-12-11-19(26-21)14-25-18-7-5-4-6-8-18/h4-13,17H,14H2,1-3H3,(H,23,24)/t17-/m0/s1. The predicted molar refractivity (Wildman–Crippen MR) is 101 cm³/mol. The first-order valence-corrected chi connectivity index (χ1v) is 8.67. The van der Waals surface area contributed by atoms with Crippen molar-refractivity contribution in [2.24, 2.45) is 0 Å². The number of benzene rings is 2. The second-order valence-corrected chi connectivity index (χ2v) is 6.42. The molecule has 3 aromatic rings. The number of carbonyl (C=O) groups is 1. The lowest BCUT2D eigenvalue weighted by molar-refractivity contribution is 0.0907. The summed E-state index contributed by atoms with van der Waals surface area (Å²) in [6.07, 6.45) is 0. The molecule has 0 aliphatic heterocycles. The lowest BCUT2D eigenvalue weighted by Crippen LogP contribution is -2.26. The number of hydrogen-bond donors (Lipinski definition) is 1. The van der Waals surface area contributed by atoms with E-state index in [4.69, 9.17) is 9.15 Å². The smallest absolute Gasteiger partial charge is 0.287 e. The van der Waals surface area contributed by atoms with Crippen molar-refractivity contribution in [1.29, 1.82) is 0 Å². The summed E-state index contributed by atoms with van der Waals surface area (Å²) in [5, 5.41) is 2.99. The topological polar surface area (TPSA) is 51.5 Å². The number of hydrogen-bond acceptors (Lipinski definition) is 3. The normalized spacial score (nSPS) is 11.8. The summed E-state index contributed by atoms with van der Waals surface area (Å²) < 4.78 is 11.3. The van der Waals surface area contributed by atoms with Crippen molar-refractivity contribution >= 4 is 5.91 Å². The fourth-order valence-electron chi connectivity index (χ4n) is 2.82. The van der Waals surface area contributed by atoms with Crippen molar-refractivity contribution in [2.45, 2.75) is 33.4 Å². The summed E-state index contributed by atoms with van der Waals surface area (Å²) in [6, 6.07) is 19.1.